The van der Waals surface area contributed by atoms with Crippen molar-refractivity contribution >= 4 is 17.2 Å². The second kappa shape index (κ2) is 10.0. The third-order valence-corrected chi connectivity index (χ3v) is 6.53. The molecule has 5 rings (SSSR count). The van der Waals surface area contributed by atoms with Crippen LogP contribution >= 0.6 is 11.6 Å². The van der Waals surface area contributed by atoms with Crippen LogP contribution in [-0.2, 0) is 24.3 Å². The monoisotopic (exact) mass is 468 g/mol. The lowest BCUT2D eigenvalue weighted by atomic mass is 9.87. The molecule has 6 nitrogen and oxygen atoms in total. The van der Waals surface area contributed by atoms with Crippen molar-refractivity contribution < 1.29 is 13.9 Å². The number of aromatic nitrogens is 4. The van der Waals surface area contributed by atoms with E-state index in [4.69, 9.17) is 21.1 Å². The van der Waals surface area contributed by atoms with E-state index in [1.54, 1.807) is 24.4 Å². The van der Waals surface area contributed by atoms with Gasteiger partial charge < -0.3 is 14.0 Å². The van der Waals surface area contributed by atoms with Crippen molar-refractivity contribution in [1.82, 2.24) is 19.5 Å². The summed E-state index contributed by atoms with van der Waals surface area (Å²) in [6.45, 7) is 1.85. The van der Waals surface area contributed by atoms with Gasteiger partial charge in [0.15, 0.2) is 5.82 Å². The molecule has 3 aromatic rings. The SMILES string of the molecule is Fc1cc(Cl)ccc1COc1ccnc(C2=CCC(Cc3nccn3C[C@@H]3CCO3)CC2)n1. The smallest absolute Gasteiger partial charge is 0.217 e. The molecule has 172 valence electrons. The van der Waals surface area contributed by atoms with Crippen LogP contribution in [0.4, 0.5) is 4.39 Å². The van der Waals surface area contributed by atoms with Gasteiger partial charge in [0, 0.05) is 48.3 Å². The largest absolute Gasteiger partial charge is 0.473 e. The van der Waals surface area contributed by atoms with Crippen molar-refractivity contribution in [2.45, 2.75) is 51.4 Å². The van der Waals surface area contributed by atoms with Crippen molar-refractivity contribution in [2.75, 3.05) is 6.61 Å². The molecule has 1 aliphatic heterocycles. The van der Waals surface area contributed by atoms with E-state index in [2.05, 4.69) is 31.8 Å². The average molecular weight is 469 g/mol. The average Bonchev–Trinajstić information content (AvgIpc) is 3.23. The Kier molecular flexibility index (Phi) is 6.69. The van der Waals surface area contributed by atoms with Gasteiger partial charge in [0.05, 0.1) is 12.6 Å². The van der Waals surface area contributed by atoms with E-state index in [9.17, 15) is 4.39 Å². The molecule has 1 unspecified atom stereocenters. The molecular formula is C25H26ClFN4O2. The first-order chi connectivity index (χ1) is 16.1. The number of halogens is 2. The fraction of sp³-hybridized carbons (Fsp3) is 0.400. The molecule has 1 saturated heterocycles. The van der Waals surface area contributed by atoms with Gasteiger partial charge in [-0.1, -0.05) is 23.7 Å². The summed E-state index contributed by atoms with van der Waals surface area (Å²) in [7, 11) is 0. The summed E-state index contributed by atoms with van der Waals surface area (Å²) in [6.07, 6.45) is 13.2. The zero-order valence-corrected chi connectivity index (χ0v) is 19.0. The molecule has 0 amide bonds. The van der Waals surface area contributed by atoms with Crippen molar-refractivity contribution in [3.8, 4) is 5.88 Å². The third kappa shape index (κ3) is 5.42. The number of hydrogen-bond acceptors (Lipinski definition) is 5. The Morgan fingerprint density at radius 2 is 2.09 bits per heavy atom. The number of benzene rings is 1. The van der Waals surface area contributed by atoms with Crippen LogP contribution in [0.1, 0.15) is 42.9 Å². The van der Waals surface area contributed by atoms with Gasteiger partial charge in [-0.05, 0) is 49.3 Å². The highest BCUT2D eigenvalue weighted by Gasteiger charge is 2.22. The Labute approximate surface area is 197 Å². The molecule has 33 heavy (non-hydrogen) atoms. The maximum atomic E-state index is 14.0. The Hall–Kier alpha value is -2.77. The van der Waals surface area contributed by atoms with Gasteiger partial charge in [-0.25, -0.2) is 14.4 Å². The van der Waals surface area contributed by atoms with Gasteiger partial charge in [-0.3, -0.25) is 0 Å². The number of rotatable bonds is 8. The minimum absolute atomic E-state index is 0.0825. The van der Waals surface area contributed by atoms with Gasteiger partial charge >= 0.3 is 0 Å². The first kappa shape index (κ1) is 22.0. The topological polar surface area (TPSA) is 62.1 Å². The van der Waals surface area contributed by atoms with Crippen LogP contribution in [-0.4, -0.2) is 32.2 Å². The van der Waals surface area contributed by atoms with Gasteiger partial charge in [-0.15, -0.1) is 0 Å². The van der Waals surface area contributed by atoms with Crippen molar-refractivity contribution in [2.24, 2.45) is 5.92 Å². The predicted octanol–water partition coefficient (Wildman–Crippen LogP) is 5.26. The van der Waals surface area contributed by atoms with E-state index in [1.165, 1.54) is 6.07 Å². The summed E-state index contributed by atoms with van der Waals surface area (Å²) in [4.78, 5) is 13.5. The maximum Gasteiger partial charge on any atom is 0.217 e. The molecule has 1 aromatic carbocycles. The zero-order chi connectivity index (χ0) is 22.6. The number of hydrogen-bond donors (Lipinski definition) is 0. The molecule has 0 saturated carbocycles. The molecule has 2 atom stereocenters. The molecule has 0 spiro atoms. The van der Waals surface area contributed by atoms with Gasteiger partial charge in [-0.2, -0.15) is 4.98 Å². The Balaban J connectivity index is 1.18. The Morgan fingerprint density at radius 3 is 2.85 bits per heavy atom. The first-order valence-electron chi connectivity index (χ1n) is 11.3. The van der Waals surface area contributed by atoms with Crippen LogP contribution in [0.2, 0.25) is 5.02 Å². The second-order valence-electron chi connectivity index (χ2n) is 8.59. The summed E-state index contributed by atoms with van der Waals surface area (Å²) < 4.78 is 27.5. The number of imidazole rings is 1. The summed E-state index contributed by atoms with van der Waals surface area (Å²) in [5, 5.41) is 0.361. The van der Waals surface area contributed by atoms with Crippen molar-refractivity contribution in [1.29, 1.82) is 0 Å². The van der Waals surface area contributed by atoms with E-state index in [0.717, 1.165) is 56.7 Å². The summed E-state index contributed by atoms with van der Waals surface area (Å²) in [5.74, 6) is 2.39. The highest BCUT2D eigenvalue weighted by molar-refractivity contribution is 6.30. The van der Waals surface area contributed by atoms with Crippen molar-refractivity contribution in [3.05, 3.63) is 77.0 Å². The molecule has 1 fully saturated rings. The summed E-state index contributed by atoms with van der Waals surface area (Å²) in [6, 6.07) is 6.23. The molecule has 2 aromatic heterocycles. The zero-order valence-electron chi connectivity index (χ0n) is 18.3. The van der Waals surface area contributed by atoms with Gasteiger partial charge in [0.1, 0.15) is 18.2 Å². The van der Waals surface area contributed by atoms with E-state index in [1.807, 2.05) is 6.20 Å². The summed E-state index contributed by atoms with van der Waals surface area (Å²) >= 11 is 5.81. The molecule has 0 bridgehead atoms. The van der Waals surface area contributed by atoms with Crippen LogP contribution in [0.25, 0.3) is 5.57 Å². The minimum atomic E-state index is -0.390. The Bertz CT molecular complexity index is 1140. The molecule has 0 N–H and O–H groups in total. The van der Waals surface area contributed by atoms with Crippen LogP contribution < -0.4 is 4.74 Å². The number of allylic oxidation sites excluding steroid dienone is 2. The summed E-state index contributed by atoms with van der Waals surface area (Å²) in [5.41, 5.74) is 1.56. The number of nitrogens with zero attached hydrogens (tertiary/aromatic N) is 4. The van der Waals surface area contributed by atoms with E-state index >= 15 is 0 Å². The predicted molar refractivity (Wildman–Crippen MR) is 123 cm³/mol. The van der Waals surface area contributed by atoms with Gasteiger partial charge in [0.25, 0.3) is 0 Å². The molecule has 0 radical (unpaired) electrons. The lowest BCUT2D eigenvalue weighted by Gasteiger charge is -2.28. The molecular weight excluding hydrogens is 443 g/mol. The second-order valence-corrected chi connectivity index (χ2v) is 9.03. The number of ether oxygens (including phenoxy) is 2. The van der Waals surface area contributed by atoms with Crippen LogP contribution in [0, 0.1) is 11.7 Å². The fourth-order valence-electron chi connectivity index (χ4n) is 4.25. The normalized spacial score (nSPS) is 20.2. The van der Waals surface area contributed by atoms with Crippen LogP contribution in [0.15, 0.2) is 48.9 Å². The molecule has 2 aliphatic rings. The van der Waals surface area contributed by atoms with Gasteiger partial charge in [0.2, 0.25) is 5.88 Å². The standard InChI is InChI=1S/C25H26ClFN4O2/c26-20-6-5-19(22(27)14-20)16-33-24-7-9-29-25(30-24)18-3-1-17(2-4-18)13-23-28-10-11-31(23)15-21-8-12-32-21/h3,5-7,9-11,14,17,21H,1-2,4,8,12-13,15-16H2/t17?,21-/m0/s1. The highest BCUT2D eigenvalue weighted by atomic mass is 35.5. The highest BCUT2D eigenvalue weighted by Crippen LogP contribution is 2.31. The Morgan fingerprint density at radius 1 is 1.18 bits per heavy atom. The van der Waals surface area contributed by atoms with Crippen LogP contribution in [0.3, 0.4) is 0 Å². The quantitative estimate of drug-likeness (QED) is 0.451. The first-order valence-corrected chi connectivity index (χ1v) is 11.7. The fourth-order valence-corrected chi connectivity index (χ4v) is 4.41. The van der Waals surface area contributed by atoms with Crippen LogP contribution in [0.5, 0.6) is 5.88 Å². The van der Waals surface area contributed by atoms with E-state index < -0.39 is 5.82 Å². The minimum Gasteiger partial charge on any atom is -0.473 e. The molecule has 3 heterocycles. The van der Waals surface area contributed by atoms with E-state index in [-0.39, 0.29) is 6.61 Å². The third-order valence-electron chi connectivity index (χ3n) is 6.29. The lowest BCUT2D eigenvalue weighted by Crippen LogP contribution is -2.31. The maximum absolute atomic E-state index is 14.0. The lowest BCUT2D eigenvalue weighted by molar-refractivity contribution is -0.0596. The molecule has 1 aliphatic carbocycles. The van der Waals surface area contributed by atoms with Crippen molar-refractivity contribution in [3.63, 3.8) is 0 Å². The molecule has 8 heteroatoms. The van der Waals surface area contributed by atoms with E-state index in [0.29, 0.717) is 34.3 Å².